The van der Waals surface area contributed by atoms with E-state index in [0.29, 0.717) is 12.8 Å². The number of aliphatic hydroxyl groups is 4. The average Bonchev–Trinajstić information content (AvgIpc) is 2.94. The number of primary amides is 1. The van der Waals surface area contributed by atoms with Gasteiger partial charge in [-0.15, -0.1) is 0 Å². The second-order valence-electron chi connectivity index (χ2n) is 13.0. The van der Waals surface area contributed by atoms with Crippen LogP contribution in [-0.2, 0) is 9.53 Å². The van der Waals surface area contributed by atoms with Crippen LogP contribution in [0.5, 0.6) is 0 Å². The third-order valence-electron chi connectivity index (χ3n) is 9.07. The van der Waals surface area contributed by atoms with Crippen LogP contribution in [0.15, 0.2) is 48.6 Å². The van der Waals surface area contributed by atoms with E-state index >= 15 is 0 Å². The van der Waals surface area contributed by atoms with Crippen molar-refractivity contribution >= 4 is 11.9 Å². The molecule has 0 saturated heterocycles. The van der Waals surface area contributed by atoms with Gasteiger partial charge in [-0.2, -0.15) is 0 Å². The monoisotopic (exact) mass is 607 g/mol. The largest absolute Gasteiger partial charge is 0.445 e. The van der Waals surface area contributed by atoms with E-state index < -0.39 is 42.5 Å². The van der Waals surface area contributed by atoms with Gasteiger partial charge in [0.2, 0.25) is 0 Å². The van der Waals surface area contributed by atoms with Crippen LogP contribution in [0.3, 0.4) is 0 Å². The number of hydrogen-bond donors (Lipinski definition) is 5. The molecular weight excluding hydrogens is 546 g/mol. The van der Waals surface area contributed by atoms with Gasteiger partial charge in [-0.05, 0) is 44.4 Å². The van der Waals surface area contributed by atoms with E-state index in [2.05, 4.69) is 6.58 Å². The minimum atomic E-state index is -0.882. The first-order valence-electron chi connectivity index (χ1n) is 15.7. The zero-order valence-corrected chi connectivity index (χ0v) is 28.2. The standard InChI is InChI=1S/C35H61NO7/c1-12-13-14-22(4)34(43-35(36)42)28(10)32(40)25(7)18-20(2)17-24(6)31(39)21(3)15-16-30(38)19-23(5)26(8)33(41)27(9)29(11)37/h12-17,21-28,30-34,38-41H,1,18-19H2,2-11H3,(H2,36,42)/b14-13-,16-15-,20-17-/t21-,22?,23-,24?,25-,26?,27-,28-,30+,31?,32+,33?,34-/m0/s1. The molecule has 0 fully saturated rings. The molecule has 0 aliphatic carbocycles. The molecule has 0 heterocycles. The zero-order chi connectivity index (χ0) is 33.6. The molecule has 8 heteroatoms. The molecule has 0 aromatic rings. The van der Waals surface area contributed by atoms with Crippen molar-refractivity contribution in [2.75, 3.05) is 0 Å². The fourth-order valence-electron chi connectivity index (χ4n) is 5.75. The van der Waals surface area contributed by atoms with Gasteiger partial charge in [0.15, 0.2) is 0 Å². The number of nitrogens with two attached hydrogens (primary N) is 1. The van der Waals surface area contributed by atoms with Gasteiger partial charge >= 0.3 is 6.09 Å². The highest BCUT2D eigenvalue weighted by molar-refractivity contribution is 5.78. The van der Waals surface area contributed by atoms with Crippen molar-refractivity contribution in [1.82, 2.24) is 0 Å². The Balaban J connectivity index is 5.21. The minimum Gasteiger partial charge on any atom is -0.445 e. The van der Waals surface area contributed by atoms with Crippen molar-refractivity contribution in [2.45, 2.75) is 113 Å². The summed E-state index contributed by atoms with van der Waals surface area (Å²) in [5, 5.41) is 43.1. The Morgan fingerprint density at radius 3 is 1.86 bits per heavy atom. The molecule has 43 heavy (non-hydrogen) atoms. The van der Waals surface area contributed by atoms with Crippen LogP contribution < -0.4 is 5.73 Å². The second kappa shape index (κ2) is 19.9. The first-order chi connectivity index (χ1) is 19.8. The van der Waals surface area contributed by atoms with Crippen molar-refractivity contribution < 1.29 is 34.8 Å². The number of ether oxygens (including phenoxy) is 1. The van der Waals surface area contributed by atoms with Gasteiger partial charge < -0.3 is 30.9 Å². The molecule has 0 bridgehead atoms. The summed E-state index contributed by atoms with van der Waals surface area (Å²) in [5.41, 5.74) is 6.33. The summed E-state index contributed by atoms with van der Waals surface area (Å²) in [6.45, 7) is 22.2. The van der Waals surface area contributed by atoms with Gasteiger partial charge in [-0.25, -0.2) is 4.79 Å². The van der Waals surface area contributed by atoms with E-state index in [1.807, 2.05) is 73.6 Å². The molecule has 0 spiro atoms. The summed E-state index contributed by atoms with van der Waals surface area (Å²) in [6.07, 6.45) is 7.39. The van der Waals surface area contributed by atoms with E-state index in [1.165, 1.54) is 6.92 Å². The highest BCUT2D eigenvalue weighted by Crippen LogP contribution is 2.29. The predicted molar refractivity (Wildman–Crippen MR) is 174 cm³/mol. The zero-order valence-electron chi connectivity index (χ0n) is 28.2. The topological polar surface area (TPSA) is 150 Å². The lowest BCUT2D eigenvalue weighted by Crippen LogP contribution is -2.41. The number of carbonyl (C=O) groups is 2. The molecular formula is C35H61NO7. The maximum atomic E-state index is 11.6. The lowest BCUT2D eigenvalue weighted by atomic mass is 9.80. The molecule has 0 aliphatic heterocycles. The summed E-state index contributed by atoms with van der Waals surface area (Å²) in [6, 6.07) is 0. The van der Waals surface area contributed by atoms with Gasteiger partial charge in [-0.3, -0.25) is 4.79 Å². The molecule has 0 rings (SSSR count). The number of Topliss-reactive ketones (excluding diaryl/α,β-unsaturated/α-hetero) is 1. The summed E-state index contributed by atoms with van der Waals surface area (Å²) < 4.78 is 5.37. The Bertz CT molecular complexity index is 944. The Kier molecular flexibility index (Phi) is 18.9. The Labute approximate surface area is 260 Å². The van der Waals surface area contributed by atoms with E-state index in [-0.39, 0.29) is 47.2 Å². The summed E-state index contributed by atoms with van der Waals surface area (Å²) in [7, 11) is 0. The van der Waals surface area contributed by atoms with Crippen LogP contribution in [0.25, 0.3) is 0 Å². The molecule has 0 radical (unpaired) electrons. The minimum absolute atomic E-state index is 0.00861. The molecule has 1 amide bonds. The molecule has 13 atom stereocenters. The summed E-state index contributed by atoms with van der Waals surface area (Å²) >= 11 is 0. The maximum absolute atomic E-state index is 11.6. The molecule has 0 saturated carbocycles. The molecule has 8 nitrogen and oxygen atoms in total. The van der Waals surface area contributed by atoms with Crippen LogP contribution in [0.1, 0.15) is 82.1 Å². The third kappa shape index (κ3) is 14.4. The van der Waals surface area contributed by atoms with Crippen molar-refractivity contribution in [1.29, 1.82) is 0 Å². The van der Waals surface area contributed by atoms with Gasteiger partial charge in [0, 0.05) is 29.6 Å². The van der Waals surface area contributed by atoms with Crippen LogP contribution >= 0.6 is 0 Å². The quantitative estimate of drug-likeness (QED) is 0.0893. The molecule has 5 unspecified atom stereocenters. The molecule has 0 aromatic carbocycles. The Morgan fingerprint density at radius 1 is 0.767 bits per heavy atom. The molecule has 6 N–H and O–H groups in total. The normalized spacial score (nSPS) is 22.0. The van der Waals surface area contributed by atoms with Gasteiger partial charge in [0.1, 0.15) is 11.9 Å². The van der Waals surface area contributed by atoms with Crippen LogP contribution in [0.2, 0.25) is 0 Å². The number of ketones is 1. The Morgan fingerprint density at radius 2 is 1.35 bits per heavy atom. The second-order valence-corrected chi connectivity index (χ2v) is 13.0. The molecule has 0 aromatic heterocycles. The number of aliphatic hydroxyl groups excluding tert-OH is 4. The number of hydrogen-bond acceptors (Lipinski definition) is 7. The smallest absolute Gasteiger partial charge is 0.404 e. The summed E-state index contributed by atoms with van der Waals surface area (Å²) in [5.74, 6) is -1.74. The van der Waals surface area contributed by atoms with Gasteiger partial charge in [0.05, 0.1) is 24.4 Å². The number of rotatable bonds is 20. The van der Waals surface area contributed by atoms with E-state index in [9.17, 15) is 30.0 Å². The predicted octanol–water partition coefficient (Wildman–Crippen LogP) is 5.60. The van der Waals surface area contributed by atoms with Crippen LogP contribution in [0.4, 0.5) is 4.79 Å². The summed E-state index contributed by atoms with van der Waals surface area (Å²) in [4.78, 5) is 23.2. The highest BCUT2D eigenvalue weighted by Gasteiger charge is 2.33. The van der Waals surface area contributed by atoms with Crippen molar-refractivity contribution in [2.24, 2.45) is 53.1 Å². The fraction of sp³-hybridized carbons (Fsp3) is 0.714. The molecule has 248 valence electrons. The maximum Gasteiger partial charge on any atom is 0.404 e. The van der Waals surface area contributed by atoms with E-state index in [1.54, 1.807) is 25.2 Å². The SMILES string of the molecule is C=C/C=C\C(C)[C@H](OC(N)=O)[C@@H](C)[C@H](O)[C@@H](C)C/C(C)=C\C(C)C(O)[C@@H](C)/C=C\[C@@H](O)C[C@H](C)C(C)C(O)[C@@H](C)C(C)=O. The molecule has 0 aliphatic rings. The van der Waals surface area contributed by atoms with Crippen molar-refractivity contribution in [3.63, 3.8) is 0 Å². The highest BCUT2D eigenvalue weighted by atomic mass is 16.6. The van der Waals surface area contributed by atoms with Crippen molar-refractivity contribution in [3.8, 4) is 0 Å². The van der Waals surface area contributed by atoms with E-state index in [4.69, 9.17) is 10.5 Å². The van der Waals surface area contributed by atoms with E-state index in [0.717, 1.165) is 5.57 Å². The average molecular weight is 608 g/mol. The number of allylic oxidation sites excluding steroid dienone is 3. The van der Waals surface area contributed by atoms with Gasteiger partial charge in [-0.1, -0.05) is 104 Å². The van der Waals surface area contributed by atoms with Crippen molar-refractivity contribution in [3.05, 3.63) is 48.6 Å². The van der Waals surface area contributed by atoms with Crippen LogP contribution in [0, 0.1) is 47.3 Å². The lowest BCUT2D eigenvalue weighted by molar-refractivity contribution is -0.125. The lowest BCUT2D eigenvalue weighted by Gasteiger charge is -2.33. The number of amides is 1. The number of carbonyl (C=O) groups excluding carboxylic acids is 2. The Hall–Kier alpha value is -2.26. The first-order valence-corrected chi connectivity index (χ1v) is 15.7. The third-order valence-corrected chi connectivity index (χ3v) is 9.07. The van der Waals surface area contributed by atoms with Gasteiger partial charge in [0.25, 0.3) is 0 Å². The van der Waals surface area contributed by atoms with Crippen LogP contribution in [-0.4, -0.2) is 62.8 Å². The fourth-order valence-corrected chi connectivity index (χ4v) is 5.75. The first kappa shape index (κ1) is 40.7.